The molecule has 1 aromatic carbocycles. The maximum absolute atomic E-state index is 12.0. The number of ether oxygens (including phenoxy) is 1. The van der Waals surface area contributed by atoms with Crippen LogP contribution in [0.25, 0.3) is 0 Å². The summed E-state index contributed by atoms with van der Waals surface area (Å²) in [7, 11) is 1.52. The number of amides is 1. The van der Waals surface area contributed by atoms with Crippen LogP contribution >= 0.6 is 0 Å². The number of hydrogen-bond acceptors (Lipinski definition) is 3. The first-order chi connectivity index (χ1) is 8.11. The Labute approximate surface area is 101 Å². The van der Waals surface area contributed by atoms with Crippen molar-refractivity contribution in [3.05, 3.63) is 23.8 Å². The van der Waals surface area contributed by atoms with E-state index in [9.17, 15) is 4.79 Å². The van der Waals surface area contributed by atoms with E-state index >= 15 is 0 Å². The van der Waals surface area contributed by atoms with Crippen LogP contribution in [0.3, 0.4) is 0 Å². The number of anilines is 1. The predicted molar refractivity (Wildman–Crippen MR) is 67.1 cm³/mol. The number of nitrogen functional groups attached to an aromatic ring is 1. The molecule has 0 spiro atoms. The van der Waals surface area contributed by atoms with Crippen LogP contribution in [0, 0.1) is 5.92 Å². The van der Waals surface area contributed by atoms with Gasteiger partial charge in [0.2, 0.25) is 0 Å². The Bertz CT molecular complexity index is 425. The summed E-state index contributed by atoms with van der Waals surface area (Å²) in [5, 5.41) is 2.99. The van der Waals surface area contributed by atoms with E-state index in [1.165, 1.54) is 7.11 Å². The highest BCUT2D eigenvalue weighted by Crippen LogP contribution is 2.29. The molecule has 0 saturated heterocycles. The van der Waals surface area contributed by atoms with E-state index < -0.39 is 0 Å². The van der Waals surface area contributed by atoms with E-state index in [-0.39, 0.29) is 5.91 Å². The molecular formula is C13H18N2O2. The summed E-state index contributed by atoms with van der Waals surface area (Å²) >= 11 is 0. The second-order valence-corrected chi connectivity index (χ2v) is 4.68. The van der Waals surface area contributed by atoms with E-state index in [4.69, 9.17) is 10.5 Å². The summed E-state index contributed by atoms with van der Waals surface area (Å²) in [6.45, 7) is 2.18. The van der Waals surface area contributed by atoms with E-state index in [0.717, 1.165) is 12.8 Å². The summed E-state index contributed by atoms with van der Waals surface area (Å²) in [5.74, 6) is 1.06. The summed E-state index contributed by atoms with van der Waals surface area (Å²) < 4.78 is 5.17. The number of carbonyl (C=O) groups excluding carboxylic acids is 1. The number of para-hydroxylation sites is 1. The van der Waals surface area contributed by atoms with E-state index in [1.807, 2.05) is 0 Å². The first kappa shape index (κ1) is 11.8. The van der Waals surface area contributed by atoms with Crippen molar-refractivity contribution in [3.63, 3.8) is 0 Å². The van der Waals surface area contributed by atoms with Gasteiger partial charge in [0.05, 0.1) is 18.4 Å². The molecular weight excluding hydrogens is 216 g/mol. The van der Waals surface area contributed by atoms with Gasteiger partial charge >= 0.3 is 0 Å². The molecule has 1 aliphatic rings. The highest BCUT2D eigenvalue weighted by molar-refractivity contribution is 5.98. The lowest BCUT2D eigenvalue weighted by Crippen LogP contribution is -2.43. The molecule has 3 N–H and O–H groups in total. The summed E-state index contributed by atoms with van der Waals surface area (Å²) in [6.07, 6.45) is 2.10. The van der Waals surface area contributed by atoms with Gasteiger partial charge in [-0.1, -0.05) is 13.0 Å². The van der Waals surface area contributed by atoms with Crippen molar-refractivity contribution >= 4 is 11.6 Å². The molecule has 0 bridgehead atoms. The minimum atomic E-state index is -0.106. The molecule has 0 aromatic heterocycles. The highest BCUT2D eigenvalue weighted by atomic mass is 16.5. The predicted octanol–water partition coefficient (Wildman–Crippen LogP) is 1.81. The SMILES string of the molecule is COc1c(N)cccc1C(=O)NC1CC(C)C1. The fourth-order valence-corrected chi connectivity index (χ4v) is 2.24. The Balaban J connectivity index is 2.11. The molecule has 0 radical (unpaired) electrons. The Morgan fingerprint density at radius 2 is 2.18 bits per heavy atom. The number of carbonyl (C=O) groups is 1. The smallest absolute Gasteiger partial charge is 0.255 e. The van der Waals surface area contributed by atoms with Crippen LogP contribution in [0.2, 0.25) is 0 Å². The lowest BCUT2D eigenvalue weighted by molar-refractivity contribution is 0.0893. The quantitative estimate of drug-likeness (QED) is 0.784. The molecule has 4 nitrogen and oxygen atoms in total. The zero-order chi connectivity index (χ0) is 12.4. The number of benzene rings is 1. The van der Waals surface area contributed by atoms with Crippen molar-refractivity contribution in [2.45, 2.75) is 25.8 Å². The third-order valence-corrected chi connectivity index (χ3v) is 3.20. The van der Waals surface area contributed by atoms with Crippen molar-refractivity contribution in [3.8, 4) is 5.75 Å². The third kappa shape index (κ3) is 2.35. The van der Waals surface area contributed by atoms with E-state index in [0.29, 0.717) is 29.0 Å². The van der Waals surface area contributed by atoms with E-state index in [2.05, 4.69) is 12.2 Å². The molecule has 0 aliphatic heterocycles. The van der Waals surface area contributed by atoms with Crippen LogP contribution in [0.5, 0.6) is 5.75 Å². The van der Waals surface area contributed by atoms with Crippen LogP contribution in [0.4, 0.5) is 5.69 Å². The summed E-state index contributed by atoms with van der Waals surface area (Å²) in [6, 6.07) is 5.51. The average Bonchev–Trinajstić information content (AvgIpc) is 2.26. The highest BCUT2D eigenvalue weighted by Gasteiger charge is 2.27. The third-order valence-electron chi connectivity index (χ3n) is 3.20. The lowest BCUT2D eigenvalue weighted by Gasteiger charge is -2.33. The lowest BCUT2D eigenvalue weighted by atomic mass is 9.82. The second-order valence-electron chi connectivity index (χ2n) is 4.68. The molecule has 1 aromatic rings. The molecule has 1 saturated carbocycles. The van der Waals surface area contributed by atoms with Gasteiger partial charge in [-0.3, -0.25) is 4.79 Å². The minimum Gasteiger partial charge on any atom is -0.494 e. The van der Waals surface area contributed by atoms with Crippen molar-refractivity contribution in [2.75, 3.05) is 12.8 Å². The fraction of sp³-hybridized carbons (Fsp3) is 0.462. The largest absolute Gasteiger partial charge is 0.494 e. The molecule has 4 heteroatoms. The van der Waals surface area contributed by atoms with Crippen molar-refractivity contribution in [2.24, 2.45) is 5.92 Å². The van der Waals surface area contributed by atoms with Crippen molar-refractivity contribution in [1.29, 1.82) is 0 Å². The molecule has 1 aliphatic carbocycles. The van der Waals surface area contributed by atoms with Crippen LogP contribution in [0.15, 0.2) is 18.2 Å². The number of methoxy groups -OCH3 is 1. The van der Waals surface area contributed by atoms with Gasteiger partial charge in [0, 0.05) is 6.04 Å². The fourth-order valence-electron chi connectivity index (χ4n) is 2.24. The summed E-state index contributed by atoms with van der Waals surface area (Å²) in [5.41, 5.74) is 6.76. The van der Waals surface area contributed by atoms with Gasteiger partial charge in [-0.15, -0.1) is 0 Å². The van der Waals surface area contributed by atoms with Crippen LogP contribution in [0.1, 0.15) is 30.1 Å². The van der Waals surface area contributed by atoms with Gasteiger partial charge < -0.3 is 15.8 Å². The molecule has 0 atom stereocenters. The Kier molecular flexibility index (Phi) is 3.22. The van der Waals surface area contributed by atoms with E-state index in [1.54, 1.807) is 18.2 Å². The second kappa shape index (κ2) is 4.65. The summed E-state index contributed by atoms with van der Waals surface area (Å²) in [4.78, 5) is 12.0. The molecule has 1 fully saturated rings. The number of hydrogen-bond donors (Lipinski definition) is 2. The first-order valence-corrected chi connectivity index (χ1v) is 5.85. The molecule has 2 rings (SSSR count). The molecule has 0 unspecified atom stereocenters. The van der Waals surface area contributed by atoms with Crippen molar-refractivity contribution < 1.29 is 9.53 Å². The monoisotopic (exact) mass is 234 g/mol. The topological polar surface area (TPSA) is 64.3 Å². The molecule has 1 amide bonds. The van der Waals surface area contributed by atoms with Gasteiger partial charge in [-0.05, 0) is 30.9 Å². The molecule has 92 valence electrons. The number of rotatable bonds is 3. The average molecular weight is 234 g/mol. The normalized spacial score (nSPS) is 22.7. The number of nitrogens with two attached hydrogens (primary N) is 1. The van der Waals surface area contributed by atoms with Gasteiger partial charge in [0.1, 0.15) is 0 Å². The van der Waals surface area contributed by atoms with Crippen LogP contribution in [-0.2, 0) is 0 Å². The minimum absolute atomic E-state index is 0.106. The molecule has 0 heterocycles. The Hall–Kier alpha value is -1.71. The van der Waals surface area contributed by atoms with Gasteiger partial charge in [0.25, 0.3) is 5.91 Å². The Morgan fingerprint density at radius 3 is 2.76 bits per heavy atom. The van der Waals surface area contributed by atoms with Crippen molar-refractivity contribution in [1.82, 2.24) is 5.32 Å². The standard InChI is InChI=1S/C13H18N2O2/c1-8-6-9(7-8)15-13(16)10-4-3-5-11(14)12(10)17-2/h3-5,8-9H,6-7,14H2,1-2H3,(H,15,16). The maximum atomic E-state index is 12.0. The zero-order valence-electron chi connectivity index (χ0n) is 10.2. The Morgan fingerprint density at radius 1 is 1.47 bits per heavy atom. The number of nitrogens with one attached hydrogen (secondary N) is 1. The maximum Gasteiger partial charge on any atom is 0.255 e. The zero-order valence-corrected chi connectivity index (χ0v) is 10.2. The van der Waals surface area contributed by atoms with Gasteiger partial charge in [-0.25, -0.2) is 0 Å². The molecule has 17 heavy (non-hydrogen) atoms. The van der Waals surface area contributed by atoms with Gasteiger partial charge in [0.15, 0.2) is 5.75 Å². The van der Waals surface area contributed by atoms with Gasteiger partial charge in [-0.2, -0.15) is 0 Å². The first-order valence-electron chi connectivity index (χ1n) is 5.85. The van der Waals surface area contributed by atoms with Crippen LogP contribution in [-0.4, -0.2) is 19.1 Å². The van der Waals surface area contributed by atoms with Crippen LogP contribution < -0.4 is 15.8 Å².